The molecule has 1 aromatic heterocycles. The van der Waals surface area contributed by atoms with E-state index in [1.54, 1.807) is 16.9 Å². The molecule has 1 aliphatic rings. The zero-order valence-corrected chi connectivity index (χ0v) is 11.5. The Morgan fingerprint density at radius 2 is 2.32 bits per heavy atom. The van der Waals surface area contributed by atoms with Gasteiger partial charge in [-0.2, -0.15) is 5.10 Å². The molecule has 2 heterocycles. The molecule has 1 fully saturated rings. The number of ether oxygens (including phenoxy) is 1. The molecule has 1 amide bonds. The van der Waals surface area contributed by atoms with Gasteiger partial charge in [-0.3, -0.25) is 9.48 Å². The summed E-state index contributed by atoms with van der Waals surface area (Å²) < 4.78 is 29.9. The molecule has 1 aromatic rings. The average Bonchev–Trinajstić information content (AvgIpc) is 2.77. The van der Waals surface area contributed by atoms with Crippen LogP contribution in [0.5, 0.6) is 0 Å². The van der Waals surface area contributed by atoms with E-state index in [1.165, 1.54) is 6.26 Å². The Bertz CT molecular complexity index is 558. The summed E-state index contributed by atoms with van der Waals surface area (Å²) in [6.45, 7) is 0.706. The number of nitrogens with two attached hydrogens (primary N) is 1. The lowest BCUT2D eigenvalue weighted by molar-refractivity contribution is 0.00610. The van der Waals surface area contributed by atoms with E-state index in [0.717, 1.165) is 0 Å². The SMILES string of the molecule is CS(=O)(=O)C1CCC(Cn2ccc(C(N)=O)n2)OC1. The normalized spacial score (nSPS) is 24.3. The Morgan fingerprint density at radius 3 is 2.79 bits per heavy atom. The van der Waals surface area contributed by atoms with E-state index >= 15 is 0 Å². The summed E-state index contributed by atoms with van der Waals surface area (Å²) in [6, 6.07) is 1.55. The summed E-state index contributed by atoms with van der Waals surface area (Å²) >= 11 is 0. The fourth-order valence-corrected chi connectivity index (χ4v) is 2.96. The predicted octanol–water partition coefficient (Wildman–Crippen LogP) is -0.426. The van der Waals surface area contributed by atoms with Crippen LogP contribution in [-0.4, -0.2) is 48.3 Å². The topological polar surface area (TPSA) is 104 Å². The zero-order chi connectivity index (χ0) is 14.0. The van der Waals surface area contributed by atoms with Crippen LogP contribution in [0.1, 0.15) is 23.3 Å². The van der Waals surface area contributed by atoms with Crippen molar-refractivity contribution in [3.63, 3.8) is 0 Å². The second-order valence-electron chi connectivity index (χ2n) is 4.77. The van der Waals surface area contributed by atoms with Crippen molar-refractivity contribution in [2.45, 2.75) is 30.7 Å². The molecule has 8 heteroatoms. The first-order valence-corrected chi connectivity index (χ1v) is 7.95. The van der Waals surface area contributed by atoms with Gasteiger partial charge in [-0.1, -0.05) is 0 Å². The van der Waals surface area contributed by atoms with Crippen LogP contribution in [0.3, 0.4) is 0 Å². The van der Waals surface area contributed by atoms with Gasteiger partial charge in [0.2, 0.25) is 0 Å². The van der Waals surface area contributed by atoms with Crippen molar-refractivity contribution in [3.05, 3.63) is 18.0 Å². The van der Waals surface area contributed by atoms with Gasteiger partial charge < -0.3 is 10.5 Å². The Morgan fingerprint density at radius 1 is 1.58 bits per heavy atom. The predicted molar refractivity (Wildman–Crippen MR) is 68.4 cm³/mol. The quantitative estimate of drug-likeness (QED) is 0.809. The number of carbonyl (C=O) groups is 1. The molecule has 0 aliphatic carbocycles. The minimum absolute atomic E-state index is 0.0846. The Balaban J connectivity index is 1.90. The van der Waals surface area contributed by atoms with Crippen molar-refractivity contribution in [1.29, 1.82) is 0 Å². The van der Waals surface area contributed by atoms with Crippen molar-refractivity contribution in [3.8, 4) is 0 Å². The molecule has 0 spiro atoms. The molecule has 106 valence electrons. The van der Waals surface area contributed by atoms with Gasteiger partial charge in [0.05, 0.1) is 24.5 Å². The molecule has 2 atom stereocenters. The summed E-state index contributed by atoms with van der Waals surface area (Å²) in [5, 5.41) is 3.60. The van der Waals surface area contributed by atoms with Crippen molar-refractivity contribution < 1.29 is 17.9 Å². The molecule has 1 saturated heterocycles. The highest BCUT2D eigenvalue weighted by Crippen LogP contribution is 2.19. The van der Waals surface area contributed by atoms with Crippen LogP contribution in [0.15, 0.2) is 12.3 Å². The number of amides is 1. The van der Waals surface area contributed by atoms with Crippen LogP contribution in [-0.2, 0) is 21.1 Å². The monoisotopic (exact) mass is 287 g/mol. The summed E-state index contributed by atoms with van der Waals surface area (Å²) in [5.74, 6) is -0.569. The van der Waals surface area contributed by atoms with Gasteiger partial charge in [-0.05, 0) is 18.9 Å². The molecule has 0 saturated carbocycles. The van der Waals surface area contributed by atoms with E-state index < -0.39 is 21.0 Å². The van der Waals surface area contributed by atoms with Gasteiger partial charge in [0.25, 0.3) is 5.91 Å². The van der Waals surface area contributed by atoms with E-state index in [4.69, 9.17) is 10.5 Å². The van der Waals surface area contributed by atoms with E-state index in [-0.39, 0.29) is 18.4 Å². The number of rotatable bonds is 4. The number of carbonyl (C=O) groups excluding carboxylic acids is 1. The highest BCUT2D eigenvalue weighted by Gasteiger charge is 2.28. The molecule has 0 radical (unpaired) electrons. The summed E-state index contributed by atoms with van der Waals surface area (Å²) in [4.78, 5) is 10.9. The van der Waals surface area contributed by atoms with Crippen LogP contribution in [0, 0.1) is 0 Å². The van der Waals surface area contributed by atoms with Crippen molar-refractivity contribution in [1.82, 2.24) is 9.78 Å². The molecule has 19 heavy (non-hydrogen) atoms. The molecule has 7 nitrogen and oxygen atoms in total. The lowest BCUT2D eigenvalue weighted by Crippen LogP contribution is -2.36. The number of nitrogens with zero attached hydrogens (tertiary/aromatic N) is 2. The van der Waals surface area contributed by atoms with Gasteiger partial charge in [-0.25, -0.2) is 8.42 Å². The fraction of sp³-hybridized carbons (Fsp3) is 0.636. The van der Waals surface area contributed by atoms with E-state index in [2.05, 4.69) is 5.10 Å². The van der Waals surface area contributed by atoms with Crippen LogP contribution < -0.4 is 5.73 Å². The number of primary amides is 1. The number of aromatic nitrogens is 2. The average molecular weight is 287 g/mol. The standard InChI is InChI=1S/C11H17N3O4S/c1-19(16,17)9-3-2-8(18-7-9)6-14-5-4-10(13-14)11(12)15/h4-5,8-9H,2-3,6-7H2,1H3,(H2,12,15). The van der Waals surface area contributed by atoms with E-state index in [0.29, 0.717) is 19.4 Å². The number of sulfone groups is 1. The molecule has 1 aliphatic heterocycles. The number of hydrogen-bond acceptors (Lipinski definition) is 5. The maximum atomic E-state index is 11.4. The van der Waals surface area contributed by atoms with E-state index in [1.807, 2.05) is 0 Å². The summed E-state index contributed by atoms with van der Waals surface area (Å²) in [6.07, 6.45) is 4.05. The highest BCUT2D eigenvalue weighted by atomic mass is 32.2. The molecular weight excluding hydrogens is 270 g/mol. The minimum atomic E-state index is -3.04. The molecular formula is C11H17N3O4S. The van der Waals surface area contributed by atoms with Crippen LogP contribution in [0.25, 0.3) is 0 Å². The number of hydrogen-bond donors (Lipinski definition) is 1. The second kappa shape index (κ2) is 5.30. The lowest BCUT2D eigenvalue weighted by Gasteiger charge is -2.27. The van der Waals surface area contributed by atoms with Crippen LogP contribution in [0.2, 0.25) is 0 Å². The molecule has 0 aromatic carbocycles. The second-order valence-corrected chi connectivity index (χ2v) is 7.10. The summed E-state index contributed by atoms with van der Waals surface area (Å²) in [7, 11) is -3.04. The maximum Gasteiger partial charge on any atom is 0.269 e. The lowest BCUT2D eigenvalue weighted by atomic mass is 10.1. The molecule has 2 rings (SSSR count). The largest absolute Gasteiger partial charge is 0.375 e. The van der Waals surface area contributed by atoms with Crippen molar-refractivity contribution >= 4 is 15.7 Å². The van der Waals surface area contributed by atoms with Gasteiger partial charge in [0, 0.05) is 12.5 Å². The third-order valence-electron chi connectivity index (χ3n) is 3.22. The first-order chi connectivity index (χ1) is 8.86. The first kappa shape index (κ1) is 14.0. The highest BCUT2D eigenvalue weighted by molar-refractivity contribution is 7.91. The minimum Gasteiger partial charge on any atom is -0.375 e. The molecule has 0 bridgehead atoms. The van der Waals surface area contributed by atoms with E-state index in [9.17, 15) is 13.2 Å². The Hall–Kier alpha value is -1.41. The van der Waals surface area contributed by atoms with Gasteiger partial charge in [0.1, 0.15) is 5.69 Å². The molecule has 2 N–H and O–H groups in total. The van der Waals surface area contributed by atoms with Gasteiger partial charge >= 0.3 is 0 Å². The van der Waals surface area contributed by atoms with Gasteiger partial charge in [0.15, 0.2) is 9.84 Å². The smallest absolute Gasteiger partial charge is 0.269 e. The molecule has 2 unspecified atom stereocenters. The van der Waals surface area contributed by atoms with Crippen LogP contribution in [0.4, 0.5) is 0 Å². The Labute approximate surface area is 111 Å². The Kier molecular flexibility index (Phi) is 3.91. The third kappa shape index (κ3) is 3.54. The third-order valence-corrected chi connectivity index (χ3v) is 4.80. The van der Waals surface area contributed by atoms with Gasteiger partial charge in [-0.15, -0.1) is 0 Å². The fourth-order valence-electron chi connectivity index (χ4n) is 2.07. The van der Waals surface area contributed by atoms with Crippen LogP contribution >= 0.6 is 0 Å². The maximum absolute atomic E-state index is 11.4. The zero-order valence-electron chi connectivity index (χ0n) is 10.7. The first-order valence-electron chi connectivity index (χ1n) is 6.00. The van der Waals surface area contributed by atoms with Crippen molar-refractivity contribution in [2.75, 3.05) is 12.9 Å². The van der Waals surface area contributed by atoms with Crippen molar-refractivity contribution in [2.24, 2.45) is 5.73 Å². The summed E-state index contributed by atoms with van der Waals surface area (Å²) in [5.41, 5.74) is 5.33.